The number of nitrogens with one attached hydrogen (secondary N) is 2. The summed E-state index contributed by atoms with van der Waals surface area (Å²) in [6.07, 6.45) is 7.34. The van der Waals surface area contributed by atoms with Crippen molar-refractivity contribution in [3.8, 4) is 16.4 Å². The first kappa shape index (κ1) is 13.7. The zero-order chi connectivity index (χ0) is 15.5. The lowest BCUT2D eigenvalue weighted by atomic mass is 10.1. The summed E-state index contributed by atoms with van der Waals surface area (Å²) in [4.78, 5) is 4.24. The number of thiazole rings is 1. The number of hydrogen-bond donors (Lipinski definition) is 2. The molecule has 0 aliphatic heterocycles. The lowest BCUT2D eigenvalue weighted by Gasteiger charge is -2.05. The number of rotatable bonds is 5. The van der Waals surface area contributed by atoms with E-state index in [4.69, 9.17) is 0 Å². The van der Waals surface area contributed by atoms with E-state index in [1.54, 1.807) is 28.4 Å². The molecule has 7 heteroatoms. The van der Waals surface area contributed by atoms with Crippen molar-refractivity contribution in [2.75, 3.05) is 5.32 Å². The Labute approximate surface area is 136 Å². The van der Waals surface area contributed by atoms with Crippen LogP contribution < -0.4 is 5.32 Å². The molecule has 4 aromatic rings. The maximum Gasteiger partial charge on any atom is 0.210 e. The summed E-state index contributed by atoms with van der Waals surface area (Å²) in [5.41, 5.74) is 4.21. The minimum atomic E-state index is 0.671. The fourth-order valence-corrected chi connectivity index (χ4v) is 2.92. The van der Waals surface area contributed by atoms with Gasteiger partial charge in [-0.2, -0.15) is 10.2 Å². The molecule has 114 valence electrons. The van der Waals surface area contributed by atoms with E-state index >= 15 is 0 Å². The van der Waals surface area contributed by atoms with Gasteiger partial charge in [-0.3, -0.25) is 5.10 Å². The zero-order valence-corrected chi connectivity index (χ0v) is 13.0. The molecular weight excluding hydrogens is 308 g/mol. The van der Waals surface area contributed by atoms with Gasteiger partial charge >= 0.3 is 0 Å². The predicted molar refractivity (Wildman–Crippen MR) is 90.6 cm³/mol. The van der Waals surface area contributed by atoms with E-state index in [-0.39, 0.29) is 0 Å². The van der Waals surface area contributed by atoms with Gasteiger partial charge < -0.3 is 5.32 Å². The van der Waals surface area contributed by atoms with E-state index in [9.17, 15) is 0 Å². The Morgan fingerprint density at radius 3 is 2.91 bits per heavy atom. The molecule has 23 heavy (non-hydrogen) atoms. The highest BCUT2D eigenvalue weighted by Crippen LogP contribution is 2.22. The maximum atomic E-state index is 4.32. The van der Waals surface area contributed by atoms with Gasteiger partial charge in [0.05, 0.1) is 30.0 Å². The van der Waals surface area contributed by atoms with Crippen molar-refractivity contribution < 1.29 is 0 Å². The smallest absolute Gasteiger partial charge is 0.210 e. The van der Waals surface area contributed by atoms with Crippen LogP contribution in [0.3, 0.4) is 0 Å². The average Bonchev–Trinajstić information content (AvgIpc) is 3.33. The molecule has 0 aliphatic rings. The molecule has 0 bridgehead atoms. The van der Waals surface area contributed by atoms with Crippen molar-refractivity contribution in [1.82, 2.24) is 25.0 Å². The summed E-state index contributed by atoms with van der Waals surface area (Å²) in [5.74, 6) is 0. The molecule has 0 unspecified atom stereocenters. The number of nitrogens with zero attached hydrogens (tertiary/aromatic N) is 4. The third kappa shape index (κ3) is 2.86. The number of benzene rings is 1. The van der Waals surface area contributed by atoms with Gasteiger partial charge in [0.25, 0.3) is 0 Å². The number of aromatic amines is 1. The fraction of sp³-hybridized carbons (Fsp3) is 0.0625. The van der Waals surface area contributed by atoms with Crippen LogP contribution in [0.5, 0.6) is 0 Å². The molecule has 1 aromatic carbocycles. The van der Waals surface area contributed by atoms with E-state index < -0.39 is 0 Å². The Balaban J connectivity index is 1.49. The van der Waals surface area contributed by atoms with Crippen LogP contribution in [-0.4, -0.2) is 25.0 Å². The van der Waals surface area contributed by atoms with Gasteiger partial charge in [-0.1, -0.05) is 30.3 Å². The van der Waals surface area contributed by atoms with Crippen molar-refractivity contribution >= 4 is 17.0 Å². The highest BCUT2D eigenvalue weighted by atomic mass is 32.1. The van der Waals surface area contributed by atoms with Crippen molar-refractivity contribution in [3.63, 3.8) is 0 Å². The molecule has 0 radical (unpaired) electrons. The van der Waals surface area contributed by atoms with Gasteiger partial charge in [0.2, 0.25) is 5.13 Å². The van der Waals surface area contributed by atoms with E-state index in [1.165, 1.54) is 0 Å². The minimum absolute atomic E-state index is 0.671. The summed E-state index contributed by atoms with van der Waals surface area (Å²) in [7, 11) is 0. The number of H-pyrrole nitrogens is 1. The van der Waals surface area contributed by atoms with Gasteiger partial charge in [0.1, 0.15) is 0 Å². The molecule has 3 aromatic heterocycles. The molecule has 0 saturated carbocycles. The quantitative estimate of drug-likeness (QED) is 0.591. The lowest BCUT2D eigenvalue weighted by molar-refractivity contribution is 0.869. The number of hydrogen-bond acceptors (Lipinski definition) is 5. The second-order valence-electron chi connectivity index (χ2n) is 4.98. The maximum absolute atomic E-state index is 4.32. The highest BCUT2D eigenvalue weighted by Gasteiger charge is 2.08. The Hall–Kier alpha value is -2.93. The molecule has 0 spiro atoms. The van der Waals surface area contributed by atoms with Crippen molar-refractivity contribution in [1.29, 1.82) is 0 Å². The van der Waals surface area contributed by atoms with Crippen LogP contribution in [0.4, 0.5) is 5.69 Å². The molecule has 3 heterocycles. The minimum Gasteiger partial charge on any atom is -0.378 e. The Bertz CT molecular complexity index is 878. The van der Waals surface area contributed by atoms with Crippen LogP contribution in [-0.2, 0) is 6.54 Å². The van der Waals surface area contributed by atoms with Crippen LogP contribution in [0, 0.1) is 0 Å². The van der Waals surface area contributed by atoms with Crippen molar-refractivity contribution in [3.05, 3.63) is 66.1 Å². The molecule has 0 aliphatic carbocycles. The third-order valence-corrected chi connectivity index (χ3v) is 4.22. The van der Waals surface area contributed by atoms with Crippen LogP contribution in [0.1, 0.15) is 5.56 Å². The molecule has 6 nitrogen and oxygen atoms in total. The average molecular weight is 322 g/mol. The summed E-state index contributed by atoms with van der Waals surface area (Å²) in [5, 5.41) is 17.7. The first-order chi connectivity index (χ1) is 11.4. The van der Waals surface area contributed by atoms with Crippen molar-refractivity contribution in [2.45, 2.75) is 6.54 Å². The first-order valence-corrected chi connectivity index (χ1v) is 8.04. The van der Waals surface area contributed by atoms with E-state index in [2.05, 4.69) is 37.7 Å². The molecule has 0 atom stereocenters. The second kappa shape index (κ2) is 6.05. The summed E-state index contributed by atoms with van der Waals surface area (Å²) >= 11 is 1.55. The van der Waals surface area contributed by atoms with E-state index in [0.717, 1.165) is 27.6 Å². The monoisotopic (exact) mass is 322 g/mol. The highest BCUT2D eigenvalue weighted by molar-refractivity contribution is 7.12. The molecule has 4 rings (SSSR count). The summed E-state index contributed by atoms with van der Waals surface area (Å²) < 4.78 is 1.76. The largest absolute Gasteiger partial charge is 0.378 e. The Morgan fingerprint density at radius 1 is 1.17 bits per heavy atom. The fourth-order valence-electron chi connectivity index (χ4n) is 2.34. The molecule has 2 N–H and O–H groups in total. The second-order valence-corrected chi connectivity index (χ2v) is 5.85. The standard InChI is InChI=1S/C16H14N6S/c1-2-4-12(5-3-1)15-13(9-19-21-15)8-18-14-10-20-22(11-14)16-17-6-7-23-16/h1-7,9-11,18H,8H2,(H,19,21). The van der Waals surface area contributed by atoms with Crippen LogP contribution in [0.2, 0.25) is 0 Å². The van der Waals surface area contributed by atoms with Gasteiger partial charge in [-0.05, 0) is 5.56 Å². The molecular formula is C16H14N6S. The van der Waals surface area contributed by atoms with E-state index in [0.29, 0.717) is 6.54 Å². The lowest BCUT2D eigenvalue weighted by Crippen LogP contribution is -1.99. The number of anilines is 1. The molecule has 0 amide bonds. The topological polar surface area (TPSA) is 71.4 Å². The zero-order valence-electron chi connectivity index (χ0n) is 12.2. The SMILES string of the molecule is c1ccc(-c2[nH]ncc2CNc2cnn(-c3nccs3)c2)cc1. The van der Waals surface area contributed by atoms with Crippen molar-refractivity contribution in [2.24, 2.45) is 0 Å². The Morgan fingerprint density at radius 2 is 2.09 bits per heavy atom. The van der Waals surface area contributed by atoms with E-state index in [1.807, 2.05) is 36.0 Å². The molecule has 0 saturated heterocycles. The summed E-state index contributed by atoms with van der Waals surface area (Å²) in [6.45, 7) is 0.671. The van der Waals surface area contributed by atoms with Crippen LogP contribution >= 0.6 is 11.3 Å². The third-order valence-electron chi connectivity index (χ3n) is 3.46. The predicted octanol–water partition coefficient (Wildman–Crippen LogP) is 3.33. The summed E-state index contributed by atoms with van der Waals surface area (Å²) in [6, 6.07) is 10.2. The number of aromatic nitrogens is 5. The van der Waals surface area contributed by atoms with Gasteiger partial charge in [-0.15, -0.1) is 11.3 Å². The van der Waals surface area contributed by atoms with Gasteiger partial charge in [0.15, 0.2) is 0 Å². The van der Waals surface area contributed by atoms with Crippen LogP contribution in [0.15, 0.2) is 60.5 Å². The molecule has 0 fully saturated rings. The Kier molecular flexibility index (Phi) is 3.61. The normalized spacial score (nSPS) is 10.8. The first-order valence-electron chi connectivity index (χ1n) is 7.16. The van der Waals surface area contributed by atoms with Crippen LogP contribution in [0.25, 0.3) is 16.4 Å². The van der Waals surface area contributed by atoms with Gasteiger partial charge in [0, 0.05) is 23.7 Å². The van der Waals surface area contributed by atoms with Gasteiger partial charge in [-0.25, -0.2) is 9.67 Å².